The highest BCUT2D eigenvalue weighted by atomic mass is 35.5. The Hall–Kier alpha value is -1.46. The molecule has 2 aromatic rings. The molecule has 4 nitrogen and oxygen atoms in total. The third-order valence-electron chi connectivity index (χ3n) is 2.43. The number of aromatic nitrogens is 2. The maximum absolute atomic E-state index is 12.2. The molecule has 1 amide bonds. The van der Waals surface area contributed by atoms with Gasteiger partial charge in [0, 0.05) is 23.8 Å². The minimum Gasteiger partial charge on any atom is -0.332 e. The van der Waals surface area contributed by atoms with Crippen molar-refractivity contribution in [3.05, 3.63) is 45.6 Å². The number of hydrogen-bond acceptors (Lipinski definition) is 4. The van der Waals surface area contributed by atoms with E-state index in [1.54, 1.807) is 11.1 Å². The molecule has 0 saturated carbocycles. The minimum absolute atomic E-state index is 0.116. The van der Waals surface area contributed by atoms with Crippen LogP contribution in [0.3, 0.4) is 0 Å². The largest absolute Gasteiger partial charge is 0.332 e. The van der Waals surface area contributed by atoms with E-state index in [2.05, 4.69) is 9.97 Å². The SMILES string of the molecule is CCN(Cc1ccc(Cl)s1)C(=O)c1cnccn1. The van der Waals surface area contributed by atoms with E-state index in [9.17, 15) is 4.79 Å². The second-order valence-electron chi connectivity index (χ2n) is 3.62. The molecule has 0 aromatic carbocycles. The molecule has 0 aliphatic carbocycles. The van der Waals surface area contributed by atoms with E-state index in [1.165, 1.54) is 23.7 Å². The van der Waals surface area contributed by atoms with Crippen LogP contribution in [0.4, 0.5) is 0 Å². The van der Waals surface area contributed by atoms with Gasteiger partial charge >= 0.3 is 0 Å². The molecule has 94 valence electrons. The molecule has 0 bridgehead atoms. The summed E-state index contributed by atoms with van der Waals surface area (Å²) in [6.45, 7) is 3.09. The Bertz CT molecular complexity index is 529. The molecule has 2 rings (SSSR count). The fourth-order valence-corrected chi connectivity index (χ4v) is 2.63. The van der Waals surface area contributed by atoms with Crippen LogP contribution in [-0.4, -0.2) is 27.3 Å². The lowest BCUT2D eigenvalue weighted by Crippen LogP contribution is -2.30. The second kappa shape index (κ2) is 5.93. The van der Waals surface area contributed by atoms with E-state index in [0.29, 0.717) is 18.8 Å². The summed E-state index contributed by atoms with van der Waals surface area (Å²) in [7, 11) is 0. The van der Waals surface area contributed by atoms with Crippen molar-refractivity contribution in [2.24, 2.45) is 0 Å². The van der Waals surface area contributed by atoms with E-state index in [1.807, 2.05) is 19.1 Å². The predicted molar refractivity (Wildman–Crippen MR) is 71.8 cm³/mol. The normalized spacial score (nSPS) is 10.3. The van der Waals surface area contributed by atoms with Crippen LogP contribution in [0.1, 0.15) is 22.3 Å². The third kappa shape index (κ3) is 3.05. The first-order chi connectivity index (χ1) is 8.70. The molecule has 0 saturated heterocycles. The molecule has 6 heteroatoms. The first-order valence-corrected chi connectivity index (χ1v) is 6.69. The highest BCUT2D eigenvalue weighted by Gasteiger charge is 2.16. The average molecular weight is 282 g/mol. The lowest BCUT2D eigenvalue weighted by molar-refractivity contribution is 0.0748. The monoisotopic (exact) mass is 281 g/mol. The van der Waals surface area contributed by atoms with Crippen LogP contribution >= 0.6 is 22.9 Å². The highest BCUT2D eigenvalue weighted by molar-refractivity contribution is 7.16. The molecular formula is C12H12ClN3OS. The average Bonchev–Trinajstić information content (AvgIpc) is 2.82. The molecule has 2 aromatic heterocycles. The summed E-state index contributed by atoms with van der Waals surface area (Å²) < 4.78 is 0.730. The molecule has 0 aliphatic rings. The maximum Gasteiger partial charge on any atom is 0.274 e. The lowest BCUT2D eigenvalue weighted by atomic mass is 10.3. The molecule has 0 aliphatic heterocycles. The van der Waals surface area contributed by atoms with Crippen molar-refractivity contribution in [2.45, 2.75) is 13.5 Å². The zero-order valence-electron chi connectivity index (χ0n) is 9.84. The molecular weight excluding hydrogens is 270 g/mol. The van der Waals surface area contributed by atoms with E-state index in [0.717, 1.165) is 9.21 Å². The lowest BCUT2D eigenvalue weighted by Gasteiger charge is -2.19. The Morgan fingerprint density at radius 1 is 1.44 bits per heavy atom. The zero-order chi connectivity index (χ0) is 13.0. The van der Waals surface area contributed by atoms with Gasteiger partial charge in [-0.2, -0.15) is 0 Å². The molecule has 0 N–H and O–H groups in total. The number of carbonyl (C=O) groups excluding carboxylic acids is 1. The van der Waals surface area contributed by atoms with Crippen molar-refractivity contribution in [3.8, 4) is 0 Å². The van der Waals surface area contributed by atoms with Gasteiger partial charge in [0.2, 0.25) is 0 Å². The van der Waals surface area contributed by atoms with Crippen LogP contribution in [0.15, 0.2) is 30.7 Å². The van der Waals surface area contributed by atoms with Crippen LogP contribution in [0, 0.1) is 0 Å². The van der Waals surface area contributed by atoms with Gasteiger partial charge in [0.05, 0.1) is 17.1 Å². The number of halogens is 1. The van der Waals surface area contributed by atoms with Crippen molar-refractivity contribution >= 4 is 28.8 Å². The standard InChI is InChI=1S/C12H12ClN3OS/c1-2-16(8-9-3-4-11(13)18-9)12(17)10-7-14-5-6-15-10/h3-7H,2,8H2,1H3. The zero-order valence-corrected chi connectivity index (χ0v) is 11.4. The molecule has 0 radical (unpaired) electrons. The van der Waals surface area contributed by atoms with Gasteiger partial charge in [0.25, 0.3) is 5.91 Å². The Morgan fingerprint density at radius 3 is 2.83 bits per heavy atom. The summed E-state index contributed by atoms with van der Waals surface area (Å²) in [5, 5.41) is 0. The fourth-order valence-electron chi connectivity index (χ4n) is 1.52. The van der Waals surface area contributed by atoms with E-state index >= 15 is 0 Å². The number of nitrogens with zero attached hydrogens (tertiary/aromatic N) is 3. The predicted octanol–water partition coefficient (Wildman–Crippen LogP) is 2.85. The first-order valence-electron chi connectivity index (χ1n) is 5.50. The van der Waals surface area contributed by atoms with Crippen LogP contribution in [0.2, 0.25) is 4.34 Å². The summed E-state index contributed by atoms with van der Waals surface area (Å²) in [4.78, 5) is 22.9. The maximum atomic E-state index is 12.2. The molecule has 2 heterocycles. The van der Waals surface area contributed by atoms with Gasteiger partial charge in [0.15, 0.2) is 0 Å². The smallest absolute Gasteiger partial charge is 0.274 e. The van der Waals surface area contributed by atoms with Gasteiger partial charge in [0.1, 0.15) is 5.69 Å². The van der Waals surface area contributed by atoms with Crippen molar-refractivity contribution in [2.75, 3.05) is 6.54 Å². The van der Waals surface area contributed by atoms with Gasteiger partial charge in [-0.25, -0.2) is 4.98 Å². The quantitative estimate of drug-likeness (QED) is 0.866. The summed E-state index contributed by atoms with van der Waals surface area (Å²) in [5.74, 6) is -0.116. The molecule has 0 unspecified atom stereocenters. The van der Waals surface area contributed by atoms with E-state index in [-0.39, 0.29) is 5.91 Å². The summed E-state index contributed by atoms with van der Waals surface area (Å²) in [5.41, 5.74) is 0.363. The van der Waals surface area contributed by atoms with E-state index < -0.39 is 0 Å². The fraction of sp³-hybridized carbons (Fsp3) is 0.250. The number of hydrogen-bond donors (Lipinski definition) is 0. The number of amides is 1. The van der Waals surface area contributed by atoms with Crippen molar-refractivity contribution in [3.63, 3.8) is 0 Å². The van der Waals surface area contributed by atoms with Crippen LogP contribution < -0.4 is 0 Å². The van der Waals surface area contributed by atoms with Crippen LogP contribution in [0.5, 0.6) is 0 Å². The van der Waals surface area contributed by atoms with Gasteiger partial charge in [-0.3, -0.25) is 9.78 Å². The molecule has 0 fully saturated rings. The Labute approximate surface area is 114 Å². The number of carbonyl (C=O) groups is 1. The summed E-state index contributed by atoms with van der Waals surface area (Å²) in [6, 6.07) is 3.77. The Kier molecular flexibility index (Phi) is 4.28. The van der Waals surface area contributed by atoms with Gasteiger partial charge < -0.3 is 4.90 Å². The molecule has 0 spiro atoms. The molecule has 18 heavy (non-hydrogen) atoms. The minimum atomic E-state index is -0.116. The second-order valence-corrected chi connectivity index (χ2v) is 5.42. The number of rotatable bonds is 4. The van der Waals surface area contributed by atoms with Gasteiger partial charge in [-0.1, -0.05) is 11.6 Å². The van der Waals surface area contributed by atoms with Crippen molar-refractivity contribution < 1.29 is 4.79 Å². The Morgan fingerprint density at radius 2 is 2.28 bits per heavy atom. The number of thiophene rings is 1. The third-order valence-corrected chi connectivity index (χ3v) is 3.64. The van der Waals surface area contributed by atoms with Gasteiger partial charge in [-0.05, 0) is 19.1 Å². The van der Waals surface area contributed by atoms with Gasteiger partial charge in [-0.15, -0.1) is 11.3 Å². The Balaban J connectivity index is 2.12. The summed E-state index contributed by atoms with van der Waals surface area (Å²) >= 11 is 7.36. The highest BCUT2D eigenvalue weighted by Crippen LogP contribution is 2.23. The van der Waals surface area contributed by atoms with E-state index in [4.69, 9.17) is 11.6 Å². The van der Waals surface area contributed by atoms with Crippen LogP contribution in [0.25, 0.3) is 0 Å². The van der Waals surface area contributed by atoms with Crippen molar-refractivity contribution in [1.29, 1.82) is 0 Å². The van der Waals surface area contributed by atoms with Crippen molar-refractivity contribution in [1.82, 2.24) is 14.9 Å². The first kappa shape index (κ1) is 13.0. The topological polar surface area (TPSA) is 46.1 Å². The molecule has 0 atom stereocenters. The van der Waals surface area contributed by atoms with Crippen LogP contribution in [-0.2, 0) is 6.54 Å². The summed E-state index contributed by atoms with van der Waals surface area (Å²) in [6.07, 6.45) is 4.54.